The lowest BCUT2D eigenvalue weighted by Gasteiger charge is -2.18. The number of rotatable bonds is 3. The van der Waals surface area contributed by atoms with Crippen LogP contribution in [0.25, 0.3) is 10.2 Å². The fraction of sp³-hybridized carbons (Fsp3) is 0.211. The van der Waals surface area contributed by atoms with Crippen LogP contribution in [-0.2, 0) is 4.74 Å². The number of ether oxygens (including phenoxy) is 2. The number of nitrogens with zero attached hydrogens (tertiary/aromatic N) is 1. The molecular weight excluding hydrogens is 433 g/mol. The molecule has 0 fully saturated rings. The van der Waals surface area contributed by atoms with Crippen molar-refractivity contribution in [3.63, 3.8) is 0 Å². The molecule has 1 heterocycles. The Labute approximate surface area is 170 Å². The molecule has 0 radical (unpaired) electrons. The maximum absolute atomic E-state index is 13.7. The zero-order valence-electron chi connectivity index (χ0n) is 15.6. The van der Waals surface area contributed by atoms with Gasteiger partial charge < -0.3 is 9.47 Å². The minimum Gasteiger partial charge on any atom is -0.455 e. The molecule has 0 saturated heterocycles. The Kier molecular flexibility index (Phi) is 5.50. The highest BCUT2D eigenvalue weighted by Crippen LogP contribution is 2.30. The van der Waals surface area contributed by atoms with Crippen LogP contribution in [0.3, 0.4) is 0 Å². The first-order valence-electron chi connectivity index (χ1n) is 8.26. The van der Waals surface area contributed by atoms with Gasteiger partial charge in [-0.3, -0.25) is 0 Å². The van der Waals surface area contributed by atoms with Gasteiger partial charge in [-0.25, -0.2) is 27.7 Å². The first kappa shape index (κ1) is 21.6. The maximum atomic E-state index is 13.7. The number of halogens is 5. The molecule has 0 aliphatic carbocycles. The van der Waals surface area contributed by atoms with E-state index >= 15 is 0 Å². The number of hydrogen-bond acceptors (Lipinski definition) is 6. The lowest BCUT2D eigenvalue weighted by atomic mass is 10.2. The van der Waals surface area contributed by atoms with Crippen molar-refractivity contribution in [2.24, 2.45) is 0 Å². The Hall–Kier alpha value is -3.08. The minimum atomic E-state index is -2.37. The molecule has 158 valence electrons. The summed E-state index contributed by atoms with van der Waals surface area (Å²) in [5.41, 5.74) is -0.683. The summed E-state index contributed by atoms with van der Waals surface area (Å²) < 4.78 is 76.9. The van der Waals surface area contributed by atoms with Crippen LogP contribution in [0.2, 0.25) is 0 Å². The third-order valence-electron chi connectivity index (χ3n) is 3.56. The van der Waals surface area contributed by atoms with Gasteiger partial charge in [0.25, 0.3) is 0 Å². The molecule has 0 N–H and O–H groups in total. The molecule has 0 spiro atoms. The summed E-state index contributed by atoms with van der Waals surface area (Å²) in [4.78, 5) is 28.4. The predicted molar refractivity (Wildman–Crippen MR) is 96.0 cm³/mol. The number of carbonyl (C=O) groups excluding carboxylic acids is 2. The van der Waals surface area contributed by atoms with E-state index in [1.54, 1.807) is 20.8 Å². The summed E-state index contributed by atoms with van der Waals surface area (Å²) in [6.45, 7) is 5.02. The van der Waals surface area contributed by atoms with E-state index in [0.717, 1.165) is 17.4 Å². The Morgan fingerprint density at radius 2 is 1.47 bits per heavy atom. The van der Waals surface area contributed by atoms with Crippen molar-refractivity contribution >= 4 is 33.5 Å². The monoisotopic (exact) mass is 445 g/mol. The van der Waals surface area contributed by atoms with Gasteiger partial charge in [0.1, 0.15) is 5.60 Å². The second-order valence-electron chi connectivity index (χ2n) is 6.99. The average Bonchev–Trinajstić information content (AvgIpc) is 3.10. The van der Waals surface area contributed by atoms with Crippen LogP contribution in [0.5, 0.6) is 5.75 Å². The number of aromatic nitrogens is 1. The van der Waals surface area contributed by atoms with Gasteiger partial charge in [-0.1, -0.05) is 0 Å². The van der Waals surface area contributed by atoms with Gasteiger partial charge in [0.2, 0.25) is 39.8 Å². The molecular formula is C19H12F5NO4S. The summed E-state index contributed by atoms with van der Waals surface area (Å²) in [7, 11) is 0. The van der Waals surface area contributed by atoms with Crippen molar-refractivity contribution < 1.29 is 41.0 Å². The van der Waals surface area contributed by atoms with E-state index in [9.17, 15) is 31.5 Å². The summed E-state index contributed by atoms with van der Waals surface area (Å²) in [6.07, 6.45) is 0. The zero-order chi connectivity index (χ0) is 22.4. The number of carbonyl (C=O) groups is 2. The molecule has 0 bridgehead atoms. The third-order valence-corrected chi connectivity index (χ3v) is 4.56. The Morgan fingerprint density at radius 1 is 0.900 bits per heavy atom. The molecule has 1 aromatic heterocycles. The Balaban J connectivity index is 1.91. The van der Waals surface area contributed by atoms with E-state index in [0.29, 0.717) is 10.2 Å². The molecule has 0 unspecified atom stereocenters. The number of thiazole rings is 1. The number of fused-ring (bicyclic) bond motifs is 1. The molecule has 2 aromatic carbocycles. The average molecular weight is 445 g/mol. The quantitative estimate of drug-likeness (QED) is 0.183. The van der Waals surface area contributed by atoms with Crippen LogP contribution in [-0.4, -0.2) is 22.5 Å². The lowest BCUT2D eigenvalue weighted by molar-refractivity contribution is 0.00692. The molecule has 0 aliphatic heterocycles. The second-order valence-corrected chi connectivity index (χ2v) is 8.02. The number of benzene rings is 2. The predicted octanol–water partition coefficient (Wildman–Crippen LogP) is 5.17. The van der Waals surface area contributed by atoms with Crippen LogP contribution in [0.15, 0.2) is 18.2 Å². The largest absolute Gasteiger partial charge is 0.455 e. The molecule has 0 aliphatic rings. The highest BCUT2D eigenvalue weighted by molar-refractivity contribution is 7.20. The van der Waals surface area contributed by atoms with Crippen molar-refractivity contribution in [3.05, 3.63) is 57.9 Å². The SMILES string of the molecule is CC(C)(C)OC(=O)c1nc2ccc(C(=O)Oc3c(F)c(F)c(F)c(F)c3F)cc2s1. The van der Waals surface area contributed by atoms with E-state index in [2.05, 4.69) is 9.72 Å². The van der Waals surface area contributed by atoms with Crippen LogP contribution in [0, 0.1) is 29.1 Å². The van der Waals surface area contributed by atoms with Gasteiger partial charge in [-0.05, 0) is 39.0 Å². The van der Waals surface area contributed by atoms with Gasteiger partial charge in [0.05, 0.1) is 15.8 Å². The van der Waals surface area contributed by atoms with Crippen LogP contribution in [0.4, 0.5) is 22.0 Å². The third kappa shape index (κ3) is 4.11. The van der Waals surface area contributed by atoms with E-state index in [-0.39, 0.29) is 10.6 Å². The standard InChI is InChI=1S/C19H12F5NO4S/c1-19(2,3)29-18(27)16-25-8-5-4-7(6-9(8)30-16)17(26)28-15-13(23)11(21)10(20)12(22)14(15)24/h4-6H,1-3H3. The first-order valence-corrected chi connectivity index (χ1v) is 9.08. The van der Waals surface area contributed by atoms with Crippen molar-refractivity contribution in [2.45, 2.75) is 26.4 Å². The molecule has 3 rings (SSSR count). The zero-order valence-corrected chi connectivity index (χ0v) is 16.4. The van der Waals surface area contributed by atoms with Crippen LogP contribution < -0.4 is 4.74 Å². The van der Waals surface area contributed by atoms with Crippen molar-refractivity contribution in [1.82, 2.24) is 4.98 Å². The molecule has 3 aromatic rings. The topological polar surface area (TPSA) is 65.5 Å². The van der Waals surface area contributed by atoms with Gasteiger partial charge in [0, 0.05) is 0 Å². The van der Waals surface area contributed by atoms with E-state index < -0.39 is 52.4 Å². The van der Waals surface area contributed by atoms with Gasteiger partial charge in [0.15, 0.2) is 0 Å². The fourth-order valence-electron chi connectivity index (χ4n) is 2.29. The Bertz CT molecular complexity index is 1160. The molecule has 0 amide bonds. The molecule has 11 heteroatoms. The van der Waals surface area contributed by atoms with Crippen molar-refractivity contribution in [2.75, 3.05) is 0 Å². The second kappa shape index (κ2) is 7.63. The molecule has 0 saturated carbocycles. The summed E-state index contributed by atoms with van der Waals surface area (Å²) >= 11 is 0.886. The van der Waals surface area contributed by atoms with Gasteiger partial charge in [-0.2, -0.15) is 8.78 Å². The smallest absolute Gasteiger partial charge is 0.367 e. The van der Waals surface area contributed by atoms with E-state index in [4.69, 9.17) is 4.74 Å². The maximum Gasteiger partial charge on any atom is 0.367 e. The van der Waals surface area contributed by atoms with Crippen molar-refractivity contribution in [1.29, 1.82) is 0 Å². The van der Waals surface area contributed by atoms with Gasteiger partial charge in [-0.15, -0.1) is 11.3 Å². The first-order chi connectivity index (χ1) is 13.9. The summed E-state index contributed by atoms with van der Waals surface area (Å²) in [5.74, 6) is -15.2. The van der Waals surface area contributed by atoms with Crippen molar-refractivity contribution in [3.8, 4) is 5.75 Å². The molecule has 0 atom stereocenters. The lowest BCUT2D eigenvalue weighted by Crippen LogP contribution is -2.23. The summed E-state index contributed by atoms with van der Waals surface area (Å²) in [6, 6.07) is 3.69. The number of hydrogen-bond donors (Lipinski definition) is 0. The van der Waals surface area contributed by atoms with E-state index in [1.165, 1.54) is 12.1 Å². The van der Waals surface area contributed by atoms with Crippen LogP contribution in [0.1, 0.15) is 40.9 Å². The highest BCUT2D eigenvalue weighted by Gasteiger charge is 2.29. The minimum absolute atomic E-state index is 0.00482. The molecule has 5 nitrogen and oxygen atoms in total. The fourth-order valence-corrected chi connectivity index (χ4v) is 3.17. The van der Waals surface area contributed by atoms with Gasteiger partial charge >= 0.3 is 11.9 Å². The summed E-state index contributed by atoms with van der Waals surface area (Å²) in [5, 5.41) is 0.00482. The van der Waals surface area contributed by atoms with E-state index in [1.807, 2.05) is 0 Å². The van der Waals surface area contributed by atoms with Crippen LogP contribution >= 0.6 is 11.3 Å². The highest BCUT2D eigenvalue weighted by atomic mass is 32.1. The normalized spacial score (nSPS) is 11.6. The Morgan fingerprint density at radius 3 is 2.03 bits per heavy atom. The molecule has 30 heavy (non-hydrogen) atoms. The number of esters is 2.